The third-order valence-electron chi connectivity index (χ3n) is 7.02. The number of hydrogen-bond donors (Lipinski definition) is 0. The Labute approximate surface area is 208 Å². The highest BCUT2D eigenvalue weighted by Crippen LogP contribution is 2.38. The van der Waals surface area contributed by atoms with Gasteiger partial charge in [0.1, 0.15) is 5.75 Å². The van der Waals surface area contributed by atoms with Gasteiger partial charge in [-0.2, -0.15) is 4.57 Å². The summed E-state index contributed by atoms with van der Waals surface area (Å²) >= 11 is 0. The molecule has 170 valence electrons. The molecule has 0 spiro atoms. The van der Waals surface area contributed by atoms with Gasteiger partial charge in [0.05, 0.1) is 5.39 Å². The van der Waals surface area contributed by atoms with Crippen LogP contribution in [-0.2, 0) is 6.54 Å². The Balaban J connectivity index is 1.38. The second-order valence-corrected chi connectivity index (χ2v) is 9.17. The van der Waals surface area contributed by atoms with Crippen LogP contribution in [0.15, 0.2) is 121 Å². The van der Waals surface area contributed by atoms with Gasteiger partial charge in [-0.3, -0.25) is 0 Å². The van der Waals surface area contributed by atoms with Gasteiger partial charge < -0.3 is 4.74 Å². The van der Waals surface area contributed by atoms with Gasteiger partial charge in [0.15, 0.2) is 12.7 Å². The molecule has 7 rings (SSSR count). The van der Waals surface area contributed by atoms with Crippen molar-refractivity contribution in [3.05, 3.63) is 133 Å². The fourth-order valence-corrected chi connectivity index (χ4v) is 5.34. The first kappa shape index (κ1) is 20.6. The average Bonchev–Trinajstić information content (AvgIpc) is 2.93. The maximum absolute atomic E-state index is 13.9. The molecule has 0 aliphatic carbocycles. The molecule has 0 atom stereocenters. The van der Waals surface area contributed by atoms with Crippen LogP contribution in [0.1, 0.15) is 16.1 Å². The van der Waals surface area contributed by atoms with Gasteiger partial charge in [0.2, 0.25) is 0 Å². The molecule has 1 heterocycles. The second kappa shape index (κ2) is 8.17. The third-order valence-corrected chi connectivity index (χ3v) is 7.02. The molecule has 6 aromatic carbocycles. The van der Waals surface area contributed by atoms with Gasteiger partial charge in [-0.15, -0.1) is 0 Å². The zero-order valence-electron chi connectivity index (χ0n) is 19.5. The topological polar surface area (TPSA) is 30.2 Å². The summed E-state index contributed by atoms with van der Waals surface area (Å²) in [5.74, 6) is 0.211. The monoisotopic (exact) mass is 464 g/mol. The van der Waals surface area contributed by atoms with Crippen molar-refractivity contribution in [1.82, 2.24) is 0 Å². The zero-order chi connectivity index (χ0) is 24.1. The highest BCUT2D eigenvalue weighted by atomic mass is 16.5. The van der Waals surface area contributed by atoms with Crippen LogP contribution in [0, 0.1) is 0 Å². The van der Waals surface area contributed by atoms with Crippen LogP contribution in [0.5, 0.6) is 5.75 Å². The molecule has 7 aromatic rings. The SMILES string of the molecule is O=C(Oc1ccc2ccc3cccc4ccc1c2c34)c1c2ccccc2cc[n+]1Cc1ccccc1. The lowest BCUT2D eigenvalue weighted by Crippen LogP contribution is -2.42. The quantitative estimate of drug-likeness (QED) is 0.118. The smallest absolute Gasteiger partial charge is 0.409 e. The molecule has 0 saturated carbocycles. The Hall–Kier alpha value is -4.76. The molecule has 0 aliphatic rings. The second-order valence-electron chi connectivity index (χ2n) is 9.17. The van der Waals surface area contributed by atoms with Crippen LogP contribution in [0.4, 0.5) is 0 Å². The molecule has 0 bridgehead atoms. The van der Waals surface area contributed by atoms with E-state index in [1.807, 2.05) is 71.4 Å². The molecular formula is C33H22NO2+. The van der Waals surface area contributed by atoms with E-state index in [1.54, 1.807) is 0 Å². The third kappa shape index (κ3) is 3.29. The van der Waals surface area contributed by atoms with Crippen LogP contribution in [-0.4, -0.2) is 5.97 Å². The van der Waals surface area contributed by atoms with Crippen LogP contribution in [0.2, 0.25) is 0 Å². The Bertz CT molecular complexity index is 1890. The number of ether oxygens (including phenoxy) is 1. The molecule has 1 aromatic heterocycles. The molecule has 0 aliphatic heterocycles. The van der Waals surface area contributed by atoms with Crippen molar-refractivity contribution in [3.63, 3.8) is 0 Å². The minimum absolute atomic E-state index is 0.363. The predicted octanol–water partition coefficient (Wildman–Crippen LogP) is 7.29. The summed E-state index contributed by atoms with van der Waals surface area (Å²) in [6, 6.07) is 38.9. The van der Waals surface area contributed by atoms with E-state index in [0.29, 0.717) is 18.0 Å². The number of carbonyl (C=O) groups excluding carboxylic acids is 1. The Kier molecular flexibility index (Phi) is 4.68. The predicted molar refractivity (Wildman–Crippen MR) is 145 cm³/mol. The molecule has 3 heteroatoms. The lowest BCUT2D eigenvalue weighted by molar-refractivity contribution is -0.689. The number of esters is 1. The number of benzene rings is 6. The number of aromatic nitrogens is 1. The lowest BCUT2D eigenvalue weighted by atomic mass is 9.94. The standard InChI is InChI=1S/C33H22NO2/c35-33(32-27-12-5-4-9-23(27)19-20-34(32)21-22-7-2-1-3-8-22)36-29-18-16-26-14-13-24-10-6-11-25-15-17-28(29)31(26)30(24)25/h1-20H,21H2/q+1. The minimum Gasteiger partial charge on any atom is -0.418 e. The van der Waals surface area contributed by atoms with Crippen molar-refractivity contribution in [2.75, 3.05) is 0 Å². The first-order valence-corrected chi connectivity index (χ1v) is 12.1. The summed E-state index contributed by atoms with van der Waals surface area (Å²) in [4.78, 5) is 13.9. The molecule has 0 saturated heterocycles. The number of pyridine rings is 1. The first-order valence-electron chi connectivity index (χ1n) is 12.1. The van der Waals surface area contributed by atoms with Gasteiger partial charge in [-0.25, -0.2) is 4.79 Å². The van der Waals surface area contributed by atoms with E-state index in [-0.39, 0.29) is 5.97 Å². The van der Waals surface area contributed by atoms with Gasteiger partial charge in [-0.1, -0.05) is 91.0 Å². The van der Waals surface area contributed by atoms with E-state index in [2.05, 4.69) is 54.6 Å². The molecule has 0 N–H and O–H groups in total. The molecule has 0 amide bonds. The highest BCUT2D eigenvalue weighted by molar-refractivity contribution is 6.24. The van der Waals surface area contributed by atoms with Crippen molar-refractivity contribution in [2.45, 2.75) is 6.54 Å². The van der Waals surface area contributed by atoms with Crippen LogP contribution in [0.3, 0.4) is 0 Å². The fraction of sp³-hybridized carbons (Fsp3) is 0.0303. The number of rotatable bonds is 4. The summed E-state index contributed by atoms with van der Waals surface area (Å²) in [6.07, 6.45) is 1.97. The van der Waals surface area contributed by atoms with Gasteiger partial charge >= 0.3 is 5.97 Å². The number of nitrogens with zero attached hydrogens (tertiary/aromatic N) is 1. The van der Waals surface area contributed by atoms with E-state index >= 15 is 0 Å². The summed E-state index contributed by atoms with van der Waals surface area (Å²) in [6.45, 7) is 0.578. The van der Waals surface area contributed by atoms with E-state index < -0.39 is 0 Å². The van der Waals surface area contributed by atoms with Crippen LogP contribution < -0.4 is 9.30 Å². The Morgan fingerprint density at radius 3 is 2.08 bits per heavy atom. The fourth-order valence-electron chi connectivity index (χ4n) is 5.34. The average molecular weight is 465 g/mol. The van der Waals surface area contributed by atoms with Crippen molar-refractivity contribution in [2.24, 2.45) is 0 Å². The summed E-state index contributed by atoms with van der Waals surface area (Å²) in [5.41, 5.74) is 1.66. The molecular weight excluding hydrogens is 442 g/mol. The van der Waals surface area contributed by atoms with Crippen LogP contribution in [0.25, 0.3) is 43.1 Å². The first-order chi connectivity index (χ1) is 17.8. The highest BCUT2D eigenvalue weighted by Gasteiger charge is 2.26. The van der Waals surface area contributed by atoms with E-state index in [9.17, 15) is 4.79 Å². The van der Waals surface area contributed by atoms with Crippen LogP contribution >= 0.6 is 0 Å². The van der Waals surface area contributed by atoms with Gasteiger partial charge in [-0.05, 0) is 45.1 Å². The summed E-state index contributed by atoms with van der Waals surface area (Å²) < 4.78 is 8.17. The molecule has 0 unspecified atom stereocenters. The zero-order valence-corrected chi connectivity index (χ0v) is 19.5. The van der Waals surface area contributed by atoms with E-state index in [4.69, 9.17) is 4.74 Å². The largest absolute Gasteiger partial charge is 0.418 e. The van der Waals surface area contributed by atoms with Crippen molar-refractivity contribution < 1.29 is 14.1 Å². The Morgan fingerprint density at radius 2 is 1.25 bits per heavy atom. The van der Waals surface area contributed by atoms with E-state index in [0.717, 1.165) is 32.5 Å². The number of carbonyl (C=O) groups is 1. The Morgan fingerprint density at radius 1 is 0.583 bits per heavy atom. The molecule has 3 nitrogen and oxygen atoms in total. The number of fused-ring (bicyclic) bond motifs is 1. The summed E-state index contributed by atoms with van der Waals surface area (Å²) in [7, 11) is 0. The van der Waals surface area contributed by atoms with Gasteiger partial charge in [0, 0.05) is 22.4 Å². The van der Waals surface area contributed by atoms with Crippen molar-refractivity contribution in [3.8, 4) is 5.75 Å². The normalized spacial score (nSPS) is 11.6. The van der Waals surface area contributed by atoms with Crippen molar-refractivity contribution >= 4 is 49.1 Å². The molecule has 0 radical (unpaired) electrons. The molecule has 0 fully saturated rings. The summed E-state index contributed by atoms with van der Waals surface area (Å²) in [5, 5.41) is 8.66. The lowest BCUT2D eigenvalue weighted by Gasteiger charge is -2.14. The number of hydrogen-bond acceptors (Lipinski definition) is 2. The molecule has 36 heavy (non-hydrogen) atoms. The maximum Gasteiger partial charge on any atom is 0.409 e. The van der Waals surface area contributed by atoms with E-state index in [1.165, 1.54) is 16.2 Å². The van der Waals surface area contributed by atoms with Gasteiger partial charge in [0.25, 0.3) is 5.69 Å². The van der Waals surface area contributed by atoms with Crippen molar-refractivity contribution in [1.29, 1.82) is 0 Å². The minimum atomic E-state index is -0.363. The maximum atomic E-state index is 13.9.